The summed E-state index contributed by atoms with van der Waals surface area (Å²) in [5.41, 5.74) is 5.19. The maximum atomic E-state index is 12.0. The Balaban J connectivity index is 4.31. The van der Waals surface area contributed by atoms with E-state index < -0.39 is 5.41 Å². The quantitative estimate of drug-likeness (QED) is 0.449. The van der Waals surface area contributed by atoms with Crippen molar-refractivity contribution in [2.45, 2.75) is 33.1 Å². The first kappa shape index (κ1) is 17.4. The Labute approximate surface area is 110 Å². The summed E-state index contributed by atoms with van der Waals surface area (Å²) in [6.07, 6.45) is 2.23. The largest absolute Gasteiger partial charge is 0.466 e. The van der Waals surface area contributed by atoms with Gasteiger partial charge in [0.25, 0.3) is 0 Å². The lowest BCUT2D eigenvalue weighted by molar-refractivity contribution is -0.156. The Kier molecular flexibility index (Phi) is 9.92. The number of rotatable bonds is 11. The van der Waals surface area contributed by atoms with Crippen molar-refractivity contribution in [1.82, 2.24) is 0 Å². The molecule has 0 aliphatic carbocycles. The molecule has 0 aliphatic rings. The smallest absolute Gasteiger partial charge is 0.313 e. The third kappa shape index (κ3) is 5.80. The molecule has 5 heteroatoms. The molecule has 1 unspecified atom stereocenters. The predicted octanol–water partition coefficient (Wildman–Crippen LogP) is 1.35. The molecule has 0 aromatic rings. The van der Waals surface area contributed by atoms with E-state index in [4.69, 9.17) is 19.9 Å². The second-order valence-corrected chi connectivity index (χ2v) is 4.31. The van der Waals surface area contributed by atoms with Crippen LogP contribution in [-0.2, 0) is 19.0 Å². The zero-order valence-corrected chi connectivity index (χ0v) is 11.9. The van der Waals surface area contributed by atoms with Crippen molar-refractivity contribution in [3.05, 3.63) is 0 Å². The van der Waals surface area contributed by atoms with Gasteiger partial charge in [-0.3, -0.25) is 4.79 Å². The van der Waals surface area contributed by atoms with Crippen LogP contribution >= 0.6 is 0 Å². The minimum atomic E-state index is -0.599. The van der Waals surface area contributed by atoms with Crippen molar-refractivity contribution < 1.29 is 19.0 Å². The Hall–Kier alpha value is -0.650. The highest BCUT2D eigenvalue weighted by molar-refractivity contribution is 5.77. The summed E-state index contributed by atoms with van der Waals surface area (Å²) in [7, 11) is 1.63. The maximum absolute atomic E-state index is 12.0. The lowest BCUT2D eigenvalue weighted by Crippen LogP contribution is -2.41. The van der Waals surface area contributed by atoms with Gasteiger partial charge in [0.05, 0.1) is 25.2 Å². The summed E-state index contributed by atoms with van der Waals surface area (Å²) in [5.74, 6) is -0.204. The fourth-order valence-corrected chi connectivity index (χ4v) is 1.89. The van der Waals surface area contributed by atoms with Gasteiger partial charge in [0.2, 0.25) is 0 Å². The van der Waals surface area contributed by atoms with Crippen LogP contribution in [0.25, 0.3) is 0 Å². The first-order valence-electron chi connectivity index (χ1n) is 6.60. The van der Waals surface area contributed by atoms with E-state index in [-0.39, 0.29) is 5.97 Å². The van der Waals surface area contributed by atoms with Crippen molar-refractivity contribution in [3.8, 4) is 0 Å². The number of carbonyl (C=O) groups excluding carboxylic acids is 1. The Bertz CT molecular complexity index is 223. The molecule has 5 nitrogen and oxygen atoms in total. The number of nitrogens with two attached hydrogens (primary N) is 1. The number of carbonyl (C=O) groups is 1. The number of hydrogen-bond acceptors (Lipinski definition) is 5. The van der Waals surface area contributed by atoms with E-state index in [1.807, 2.05) is 6.92 Å². The number of methoxy groups -OCH3 is 1. The highest BCUT2D eigenvalue weighted by atomic mass is 16.5. The molecule has 0 rings (SSSR count). The van der Waals surface area contributed by atoms with E-state index in [1.165, 1.54) is 0 Å². The summed E-state index contributed by atoms with van der Waals surface area (Å²) >= 11 is 0. The molecule has 0 radical (unpaired) electrons. The first-order valence-corrected chi connectivity index (χ1v) is 6.60. The minimum absolute atomic E-state index is 0.204. The van der Waals surface area contributed by atoms with Crippen molar-refractivity contribution in [1.29, 1.82) is 0 Å². The van der Waals surface area contributed by atoms with Crippen molar-refractivity contribution >= 4 is 5.97 Å². The van der Waals surface area contributed by atoms with Gasteiger partial charge in [-0.1, -0.05) is 13.3 Å². The van der Waals surface area contributed by atoms with E-state index in [0.29, 0.717) is 39.4 Å². The minimum Gasteiger partial charge on any atom is -0.466 e. The van der Waals surface area contributed by atoms with Crippen LogP contribution in [0.4, 0.5) is 0 Å². The van der Waals surface area contributed by atoms with Crippen LogP contribution in [0.5, 0.6) is 0 Å². The van der Waals surface area contributed by atoms with Crippen LogP contribution in [0.1, 0.15) is 33.1 Å². The Morgan fingerprint density at radius 2 is 1.89 bits per heavy atom. The molecule has 2 N–H and O–H groups in total. The molecule has 108 valence electrons. The fourth-order valence-electron chi connectivity index (χ4n) is 1.89. The molecule has 0 bridgehead atoms. The standard InChI is InChI=1S/C13H27NO4/c1-4-6-13(11-14,12(15)18-5-2)7-8-17-10-9-16-3/h4-11,14H2,1-3H3. The van der Waals surface area contributed by atoms with Crippen molar-refractivity contribution in [2.75, 3.05) is 40.1 Å². The third-order valence-corrected chi connectivity index (χ3v) is 2.98. The molecule has 0 aromatic heterocycles. The van der Waals surface area contributed by atoms with Crippen molar-refractivity contribution in [3.63, 3.8) is 0 Å². The van der Waals surface area contributed by atoms with Crippen LogP contribution < -0.4 is 5.73 Å². The van der Waals surface area contributed by atoms with E-state index in [9.17, 15) is 4.79 Å². The van der Waals surface area contributed by atoms with E-state index in [0.717, 1.165) is 12.8 Å². The van der Waals surface area contributed by atoms with Gasteiger partial charge in [-0.2, -0.15) is 0 Å². The number of esters is 1. The topological polar surface area (TPSA) is 70.8 Å². The predicted molar refractivity (Wildman–Crippen MR) is 70.3 cm³/mol. The van der Waals surface area contributed by atoms with Crippen LogP contribution in [0.15, 0.2) is 0 Å². The van der Waals surface area contributed by atoms with Gasteiger partial charge in [-0.15, -0.1) is 0 Å². The highest BCUT2D eigenvalue weighted by Crippen LogP contribution is 2.29. The summed E-state index contributed by atoms with van der Waals surface area (Å²) in [6, 6.07) is 0. The second-order valence-electron chi connectivity index (χ2n) is 4.31. The van der Waals surface area contributed by atoms with Gasteiger partial charge in [0, 0.05) is 20.3 Å². The molecule has 0 spiro atoms. The normalized spacial score (nSPS) is 14.2. The molecular formula is C13H27NO4. The molecule has 0 aromatic carbocycles. The van der Waals surface area contributed by atoms with Gasteiger partial charge < -0.3 is 19.9 Å². The lowest BCUT2D eigenvalue weighted by Gasteiger charge is -2.29. The van der Waals surface area contributed by atoms with Gasteiger partial charge in [-0.25, -0.2) is 0 Å². The van der Waals surface area contributed by atoms with Gasteiger partial charge in [0.15, 0.2) is 0 Å². The van der Waals surface area contributed by atoms with Crippen molar-refractivity contribution in [2.24, 2.45) is 11.1 Å². The molecule has 18 heavy (non-hydrogen) atoms. The third-order valence-electron chi connectivity index (χ3n) is 2.98. The summed E-state index contributed by atoms with van der Waals surface area (Å²) in [5, 5.41) is 0. The summed E-state index contributed by atoms with van der Waals surface area (Å²) < 4.78 is 15.4. The van der Waals surface area contributed by atoms with Gasteiger partial charge >= 0.3 is 5.97 Å². The van der Waals surface area contributed by atoms with E-state index >= 15 is 0 Å². The van der Waals surface area contributed by atoms with Crippen LogP contribution in [-0.4, -0.2) is 46.1 Å². The average molecular weight is 261 g/mol. The molecule has 0 aliphatic heterocycles. The zero-order valence-electron chi connectivity index (χ0n) is 11.9. The molecule has 0 saturated carbocycles. The summed E-state index contributed by atoms with van der Waals surface area (Å²) in [6.45, 7) is 6.12. The number of ether oxygens (including phenoxy) is 3. The molecular weight excluding hydrogens is 234 g/mol. The van der Waals surface area contributed by atoms with Gasteiger partial charge in [0.1, 0.15) is 0 Å². The first-order chi connectivity index (χ1) is 8.66. The molecule has 0 heterocycles. The SMILES string of the molecule is CCCC(CN)(CCOCCOC)C(=O)OCC. The highest BCUT2D eigenvalue weighted by Gasteiger charge is 2.37. The summed E-state index contributed by atoms with van der Waals surface area (Å²) in [4.78, 5) is 12.0. The monoisotopic (exact) mass is 261 g/mol. The van der Waals surface area contributed by atoms with Crippen LogP contribution in [0.3, 0.4) is 0 Å². The Morgan fingerprint density at radius 1 is 1.17 bits per heavy atom. The average Bonchev–Trinajstić information content (AvgIpc) is 2.37. The lowest BCUT2D eigenvalue weighted by atomic mass is 9.80. The molecule has 0 saturated heterocycles. The fraction of sp³-hybridized carbons (Fsp3) is 0.923. The zero-order chi connectivity index (χ0) is 13.9. The molecule has 0 fully saturated rings. The van der Waals surface area contributed by atoms with E-state index in [2.05, 4.69) is 0 Å². The molecule has 0 amide bonds. The van der Waals surface area contributed by atoms with E-state index in [1.54, 1.807) is 14.0 Å². The maximum Gasteiger partial charge on any atom is 0.313 e. The molecule has 1 atom stereocenters. The Morgan fingerprint density at radius 3 is 2.39 bits per heavy atom. The van der Waals surface area contributed by atoms with Crippen LogP contribution in [0, 0.1) is 5.41 Å². The second kappa shape index (κ2) is 10.3. The van der Waals surface area contributed by atoms with Crippen LogP contribution in [0.2, 0.25) is 0 Å². The number of hydrogen-bond donors (Lipinski definition) is 1. The van der Waals surface area contributed by atoms with Gasteiger partial charge in [-0.05, 0) is 19.8 Å².